The Morgan fingerprint density at radius 3 is 2.65 bits per heavy atom. The average Bonchev–Trinajstić information content (AvgIpc) is 3.29. The number of carbonyl (C=O) groups is 1. The summed E-state index contributed by atoms with van der Waals surface area (Å²) in [6.07, 6.45) is -0.626. The van der Waals surface area contributed by atoms with Gasteiger partial charge in [-0.05, 0) is 43.5 Å². The number of aromatic nitrogens is 2. The van der Waals surface area contributed by atoms with Gasteiger partial charge in [-0.1, -0.05) is 35.9 Å². The maximum atomic E-state index is 12.4. The van der Waals surface area contributed by atoms with Crippen molar-refractivity contribution >= 4 is 27.4 Å². The van der Waals surface area contributed by atoms with Crippen LogP contribution in [0.3, 0.4) is 0 Å². The van der Waals surface area contributed by atoms with E-state index in [1.807, 2.05) is 61.5 Å². The number of aryl methyl sites for hydroxylation is 1. The number of thiophene rings is 1. The van der Waals surface area contributed by atoms with E-state index in [0.717, 1.165) is 21.2 Å². The fraction of sp³-hybridized carbons (Fsp3) is 0.150. The van der Waals surface area contributed by atoms with Gasteiger partial charge in [0.25, 0.3) is 5.89 Å². The summed E-state index contributed by atoms with van der Waals surface area (Å²) < 4.78 is 12.2. The van der Waals surface area contributed by atoms with Gasteiger partial charge >= 0.3 is 5.97 Å². The fourth-order valence-corrected chi connectivity index (χ4v) is 3.51. The van der Waals surface area contributed by atoms with Crippen LogP contribution in [-0.4, -0.2) is 16.2 Å². The Labute approximate surface area is 154 Å². The molecule has 0 saturated carbocycles. The molecule has 0 amide bonds. The Kier molecular flexibility index (Phi) is 4.26. The van der Waals surface area contributed by atoms with Crippen LogP contribution in [0.5, 0.6) is 0 Å². The Morgan fingerprint density at radius 1 is 1.12 bits per heavy atom. The highest BCUT2D eigenvalue weighted by molar-refractivity contribution is 7.20. The van der Waals surface area contributed by atoms with Crippen molar-refractivity contribution in [3.8, 4) is 11.5 Å². The highest BCUT2D eigenvalue weighted by Gasteiger charge is 2.21. The molecule has 4 rings (SSSR count). The summed E-state index contributed by atoms with van der Waals surface area (Å²) >= 11 is 1.40. The lowest BCUT2D eigenvalue weighted by Gasteiger charge is -2.07. The number of benzene rings is 2. The molecule has 2 aromatic carbocycles. The predicted molar refractivity (Wildman–Crippen MR) is 100 cm³/mol. The molecule has 6 heteroatoms. The van der Waals surface area contributed by atoms with Crippen LogP contribution in [0.1, 0.15) is 34.2 Å². The Balaban J connectivity index is 1.50. The zero-order valence-electron chi connectivity index (χ0n) is 14.3. The quantitative estimate of drug-likeness (QED) is 0.467. The first kappa shape index (κ1) is 16.5. The Bertz CT molecular complexity index is 1030. The van der Waals surface area contributed by atoms with E-state index in [1.165, 1.54) is 11.3 Å². The van der Waals surface area contributed by atoms with Crippen LogP contribution in [0.2, 0.25) is 0 Å². The molecule has 0 fully saturated rings. The summed E-state index contributed by atoms with van der Waals surface area (Å²) in [5.74, 6) is 0.286. The summed E-state index contributed by atoms with van der Waals surface area (Å²) in [6, 6.07) is 17.5. The zero-order chi connectivity index (χ0) is 18.1. The fourth-order valence-electron chi connectivity index (χ4n) is 2.56. The minimum absolute atomic E-state index is 0.273. The van der Waals surface area contributed by atoms with Crippen molar-refractivity contribution in [3.63, 3.8) is 0 Å². The van der Waals surface area contributed by atoms with Gasteiger partial charge in [0.2, 0.25) is 5.89 Å². The van der Waals surface area contributed by atoms with E-state index in [4.69, 9.17) is 9.15 Å². The molecule has 0 bridgehead atoms. The standard InChI is InChI=1S/C20H16N2O3S/c1-12-7-9-14(10-8-12)19-22-21-18(25-19)13(2)24-20(23)17-11-15-5-3-4-6-16(15)26-17/h3-11,13H,1-2H3. The van der Waals surface area contributed by atoms with E-state index in [9.17, 15) is 4.79 Å². The zero-order valence-corrected chi connectivity index (χ0v) is 15.1. The number of nitrogens with zero attached hydrogens (tertiary/aromatic N) is 2. The predicted octanol–water partition coefficient (Wildman–Crippen LogP) is 5.18. The molecule has 0 aliphatic rings. The largest absolute Gasteiger partial charge is 0.448 e. The highest BCUT2D eigenvalue weighted by Crippen LogP contribution is 2.28. The molecule has 0 saturated heterocycles. The lowest BCUT2D eigenvalue weighted by molar-refractivity contribution is 0.0286. The number of fused-ring (bicyclic) bond motifs is 1. The normalized spacial score (nSPS) is 12.2. The lowest BCUT2D eigenvalue weighted by Crippen LogP contribution is -2.08. The Morgan fingerprint density at radius 2 is 1.88 bits per heavy atom. The third-order valence-electron chi connectivity index (χ3n) is 4.00. The van der Waals surface area contributed by atoms with Crippen LogP contribution < -0.4 is 0 Å². The number of hydrogen-bond donors (Lipinski definition) is 0. The van der Waals surface area contributed by atoms with Gasteiger partial charge < -0.3 is 9.15 Å². The van der Waals surface area contributed by atoms with Crippen molar-refractivity contribution in [1.82, 2.24) is 10.2 Å². The molecule has 0 radical (unpaired) electrons. The van der Waals surface area contributed by atoms with Crippen molar-refractivity contribution in [3.05, 3.63) is 70.9 Å². The molecule has 1 atom stereocenters. The highest BCUT2D eigenvalue weighted by atomic mass is 32.1. The van der Waals surface area contributed by atoms with E-state index in [0.29, 0.717) is 10.8 Å². The number of carbonyl (C=O) groups excluding carboxylic acids is 1. The van der Waals surface area contributed by atoms with E-state index in [2.05, 4.69) is 10.2 Å². The molecule has 5 nitrogen and oxygen atoms in total. The second-order valence-corrected chi connectivity index (χ2v) is 7.09. The maximum Gasteiger partial charge on any atom is 0.349 e. The summed E-state index contributed by atoms with van der Waals surface area (Å²) in [5.41, 5.74) is 1.98. The second-order valence-electron chi connectivity index (χ2n) is 6.01. The monoisotopic (exact) mass is 364 g/mol. The molecule has 0 spiro atoms. The summed E-state index contributed by atoms with van der Waals surface area (Å²) in [4.78, 5) is 13.0. The van der Waals surface area contributed by atoms with Gasteiger partial charge in [-0.3, -0.25) is 0 Å². The molecule has 2 heterocycles. The van der Waals surface area contributed by atoms with Gasteiger partial charge in [-0.25, -0.2) is 4.79 Å². The van der Waals surface area contributed by atoms with Crippen LogP contribution in [0.15, 0.2) is 59.0 Å². The van der Waals surface area contributed by atoms with Gasteiger partial charge in [-0.15, -0.1) is 21.5 Å². The first-order valence-electron chi connectivity index (χ1n) is 8.20. The SMILES string of the molecule is Cc1ccc(-c2nnc(C(C)OC(=O)c3cc4ccccc4s3)o2)cc1. The third kappa shape index (κ3) is 3.23. The van der Waals surface area contributed by atoms with Crippen molar-refractivity contribution < 1.29 is 13.9 Å². The minimum atomic E-state index is -0.626. The van der Waals surface area contributed by atoms with Gasteiger partial charge in [0.1, 0.15) is 4.88 Å². The summed E-state index contributed by atoms with van der Waals surface area (Å²) in [6.45, 7) is 3.73. The lowest BCUT2D eigenvalue weighted by atomic mass is 10.1. The van der Waals surface area contributed by atoms with Crippen LogP contribution in [0, 0.1) is 6.92 Å². The van der Waals surface area contributed by atoms with E-state index >= 15 is 0 Å². The number of hydrogen-bond acceptors (Lipinski definition) is 6. The van der Waals surface area contributed by atoms with E-state index in [-0.39, 0.29) is 5.89 Å². The van der Waals surface area contributed by atoms with Crippen LogP contribution in [0.4, 0.5) is 0 Å². The van der Waals surface area contributed by atoms with Crippen molar-refractivity contribution in [2.24, 2.45) is 0 Å². The maximum absolute atomic E-state index is 12.4. The van der Waals surface area contributed by atoms with Crippen molar-refractivity contribution in [1.29, 1.82) is 0 Å². The van der Waals surface area contributed by atoms with Gasteiger partial charge in [-0.2, -0.15) is 0 Å². The molecule has 130 valence electrons. The molecular weight excluding hydrogens is 348 g/mol. The van der Waals surface area contributed by atoms with Crippen LogP contribution in [0.25, 0.3) is 21.5 Å². The molecular formula is C20H16N2O3S. The molecule has 2 aromatic heterocycles. The summed E-state index contributed by atoms with van der Waals surface area (Å²) in [7, 11) is 0. The van der Waals surface area contributed by atoms with E-state index in [1.54, 1.807) is 6.92 Å². The second kappa shape index (κ2) is 6.72. The molecule has 0 N–H and O–H groups in total. The summed E-state index contributed by atoms with van der Waals surface area (Å²) in [5, 5.41) is 9.09. The molecule has 26 heavy (non-hydrogen) atoms. The first-order valence-corrected chi connectivity index (χ1v) is 9.02. The van der Waals surface area contributed by atoms with Gasteiger partial charge in [0, 0.05) is 10.3 Å². The molecule has 0 aliphatic heterocycles. The number of rotatable bonds is 4. The smallest absolute Gasteiger partial charge is 0.349 e. The van der Waals surface area contributed by atoms with Gasteiger partial charge in [0.15, 0.2) is 6.10 Å². The van der Waals surface area contributed by atoms with E-state index < -0.39 is 12.1 Å². The molecule has 1 unspecified atom stereocenters. The number of ether oxygens (including phenoxy) is 1. The van der Waals surface area contributed by atoms with Crippen molar-refractivity contribution in [2.75, 3.05) is 0 Å². The average molecular weight is 364 g/mol. The molecule has 4 aromatic rings. The minimum Gasteiger partial charge on any atom is -0.448 e. The Hall–Kier alpha value is -2.99. The van der Waals surface area contributed by atoms with Gasteiger partial charge in [0.05, 0.1) is 0 Å². The molecule has 0 aliphatic carbocycles. The number of esters is 1. The van der Waals surface area contributed by atoms with Crippen LogP contribution >= 0.6 is 11.3 Å². The van der Waals surface area contributed by atoms with Crippen molar-refractivity contribution in [2.45, 2.75) is 20.0 Å². The van der Waals surface area contributed by atoms with Crippen LogP contribution in [-0.2, 0) is 4.74 Å². The first-order chi connectivity index (χ1) is 12.6. The third-order valence-corrected chi connectivity index (χ3v) is 5.09. The topological polar surface area (TPSA) is 65.2 Å².